The zero-order valence-corrected chi connectivity index (χ0v) is 13.1. The molecule has 6 heteroatoms. The Bertz CT molecular complexity index is 652. The predicted octanol–water partition coefficient (Wildman–Crippen LogP) is 3.67. The van der Waals surface area contributed by atoms with E-state index >= 15 is 0 Å². The molecule has 2 bridgehead atoms. The smallest absolute Gasteiger partial charge is 0.306 e. The number of nitrogens with zero attached hydrogens (tertiary/aromatic N) is 2. The number of hydrogen-bond donors (Lipinski definition) is 0. The summed E-state index contributed by atoms with van der Waals surface area (Å²) in [5.74, 6) is 2.88. The molecule has 2 aliphatic carbocycles. The van der Waals surface area contributed by atoms with Crippen LogP contribution in [-0.4, -0.2) is 16.1 Å². The molecule has 0 aromatic carbocycles. The van der Waals surface area contributed by atoms with Crippen LogP contribution in [0.3, 0.4) is 0 Å². The fourth-order valence-corrected chi connectivity index (χ4v) is 4.51. The van der Waals surface area contributed by atoms with Gasteiger partial charge in [0.2, 0.25) is 5.82 Å². The fourth-order valence-electron chi connectivity index (χ4n) is 3.86. The van der Waals surface area contributed by atoms with E-state index in [0.29, 0.717) is 24.1 Å². The van der Waals surface area contributed by atoms with Crippen molar-refractivity contribution >= 4 is 17.3 Å². The largest absolute Gasteiger partial charge is 0.456 e. The lowest BCUT2D eigenvalue weighted by atomic mass is 9.86. The van der Waals surface area contributed by atoms with Gasteiger partial charge in [-0.15, -0.1) is 11.3 Å². The van der Waals surface area contributed by atoms with Gasteiger partial charge < -0.3 is 9.26 Å². The van der Waals surface area contributed by atoms with Crippen molar-refractivity contribution < 1.29 is 14.1 Å². The first kappa shape index (κ1) is 13.9. The number of rotatable bonds is 5. The van der Waals surface area contributed by atoms with E-state index in [0.717, 1.165) is 16.7 Å². The Morgan fingerprint density at radius 2 is 2.36 bits per heavy atom. The van der Waals surface area contributed by atoms with Gasteiger partial charge in [-0.2, -0.15) is 4.98 Å². The number of hydrogen-bond acceptors (Lipinski definition) is 6. The Morgan fingerprint density at radius 3 is 3.09 bits per heavy atom. The van der Waals surface area contributed by atoms with Crippen molar-refractivity contribution in [3.8, 4) is 10.7 Å². The van der Waals surface area contributed by atoms with Crippen LogP contribution >= 0.6 is 11.3 Å². The molecule has 0 spiro atoms. The third-order valence-electron chi connectivity index (χ3n) is 4.88. The molecule has 2 fully saturated rings. The van der Waals surface area contributed by atoms with Crippen LogP contribution in [0.1, 0.15) is 38.0 Å². The minimum Gasteiger partial charge on any atom is -0.456 e. The lowest BCUT2D eigenvalue weighted by molar-refractivity contribution is -0.147. The molecule has 3 atom stereocenters. The molecule has 0 radical (unpaired) electrons. The number of esters is 1. The minimum absolute atomic E-state index is 0.0675. The molecule has 2 aromatic rings. The molecule has 2 aromatic heterocycles. The third kappa shape index (κ3) is 2.79. The molecule has 2 heterocycles. The molecule has 5 nitrogen and oxygen atoms in total. The number of ether oxygens (including phenoxy) is 1. The number of fused-ring (bicyclic) bond motifs is 2. The van der Waals surface area contributed by atoms with Crippen LogP contribution in [-0.2, 0) is 16.1 Å². The standard InChI is InChI=1S/C16H18N2O3S/c19-15(8-12-7-10-3-4-11(12)6-10)20-9-14-17-16(18-21-14)13-2-1-5-22-13/h1-2,5,10-12H,3-4,6-9H2/t10-,11+,12-/m0/s1. The number of carbonyl (C=O) groups is 1. The van der Waals surface area contributed by atoms with Crippen molar-refractivity contribution in [2.45, 2.75) is 38.7 Å². The van der Waals surface area contributed by atoms with Gasteiger partial charge >= 0.3 is 5.97 Å². The van der Waals surface area contributed by atoms with Crippen LogP contribution in [0.15, 0.2) is 22.0 Å². The van der Waals surface area contributed by atoms with Crippen molar-refractivity contribution in [2.75, 3.05) is 0 Å². The van der Waals surface area contributed by atoms with Crippen LogP contribution in [0.4, 0.5) is 0 Å². The first-order valence-electron chi connectivity index (χ1n) is 7.80. The summed E-state index contributed by atoms with van der Waals surface area (Å²) >= 11 is 1.55. The van der Waals surface area contributed by atoms with Gasteiger partial charge in [0.1, 0.15) is 0 Å². The number of aromatic nitrogens is 2. The van der Waals surface area contributed by atoms with Crippen molar-refractivity contribution in [2.24, 2.45) is 17.8 Å². The van der Waals surface area contributed by atoms with E-state index in [4.69, 9.17) is 9.26 Å². The molecule has 2 saturated carbocycles. The Morgan fingerprint density at radius 1 is 1.41 bits per heavy atom. The van der Waals surface area contributed by atoms with E-state index < -0.39 is 0 Å². The maximum absolute atomic E-state index is 12.0. The van der Waals surface area contributed by atoms with E-state index in [1.807, 2.05) is 17.5 Å². The summed E-state index contributed by atoms with van der Waals surface area (Å²) in [6, 6.07) is 3.87. The van der Waals surface area contributed by atoms with Crippen LogP contribution in [0.25, 0.3) is 10.7 Å². The molecule has 2 aliphatic rings. The van der Waals surface area contributed by atoms with Crippen LogP contribution in [0.2, 0.25) is 0 Å². The minimum atomic E-state index is -0.145. The highest BCUT2D eigenvalue weighted by Gasteiger charge is 2.40. The van der Waals surface area contributed by atoms with E-state index in [1.165, 1.54) is 25.7 Å². The summed E-state index contributed by atoms with van der Waals surface area (Å²) in [5, 5.41) is 5.86. The van der Waals surface area contributed by atoms with Gasteiger partial charge in [0.15, 0.2) is 6.61 Å². The highest BCUT2D eigenvalue weighted by atomic mass is 32.1. The maximum Gasteiger partial charge on any atom is 0.306 e. The molecule has 0 aliphatic heterocycles. The predicted molar refractivity (Wildman–Crippen MR) is 81.0 cm³/mol. The highest BCUT2D eigenvalue weighted by molar-refractivity contribution is 7.13. The summed E-state index contributed by atoms with van der Waals surface area (Å²) in [6.45, 7) is 0.0675. The van der Waals surface area contributed by atoms with Gasteiger partial charge in [-0.3, -0.25) is 4.79 Å². The summed E-state index contributed by atoms with van der Waals surface area (Å²) in [5.41, 5.74) is 0. The van der Waals surface area contributed by atoms with E-state index in [2.05, 4.69) is 10.1 Å². The first-order valence-corrected chi connectivity index (χ1v) is 8.68. The van der Waals surface area contributed by atoms with Gasteiger partial charge in [0.05, 0.1) is 4.88 Å². The Balaban J connectivity index is 1.28. The molecule has 4 rings (SSSR count). The average molecular weight is 318 g/mol. The lowest BCUT2D eigenvalue weighted by Gasteiger charge is -2.20. The zero-order chi connectivity index (χ0) is 14.9. The van der Waals surface area contributed by atoms with E-state index in [-0.39, 0.29) is 12.6 Å². The second kappa shape index (κ2) is 5.83. The molecule has 0 N–H and O–H groups in total. The second-order valence-electron chi connectivity index (χ2n) is 6.29. The van der Waals surface area contributed by atoms with Crippen LogP contribution in [0.5, 0.6) is 0 Å². The van der Waals surface area contributed by atoms with Gasteiger partial charge in [-0.25, -0.2) is 0 Å². The average Bonchev–Trinajstić information content (AvgIpc) is 3.27. The molecule has 22 heavy (non-hydrogen) atoms. The summed E-state index contributed by atoms with van der Waals surface area (Å²) in [6.07, 6.45) is 5.68. The van der Waals surface area contributed by atoms with Crippen molar-refractivity contribution in [1.29, 1.82) is 0 Å². The Labute approximate surface area is 132 Å². The Hall–Kier alpha value is -1.69. The van der Waals surface area contributed by atoms with Gasteiger partial charge in [-0.1, -0.05) is 17.6 Å². The molecular formula is C16H18N2O3S. The quantitative estimate of drug-likeness (QED) is 0.787. The fraction of sp³-hybridized carbons (Fsp3) is 0.562. The lowest BCUT2D eigenvalue weighted by Crippen LogP contribution is -2.17. The number of carbonyl (C=O) groups excluding carboxylic acids is 1. The highest BCUT2D eigenvalue weighted by Crippen LogP contribution is 2.49. The van der Waals surface area contributed by atoms with E-state index in [1.54, 1.807) is 11.3 Å². The summed E-state index contributed by atoms with van der Waals surface area (Å²) < 4.78 is 10.4. The monoisotopic (exact) mass is 318 g/mol. The summed E-state index contributed by atoms with van der Waals surface area (Å²) in [4.78, 5) is 17.2. The van der Waals surface area contributed by atoms with E-state index in [9.17, 15) is 4.79 Å². The SMILES string of the molecule is O=C(C[C@@H]1C[C@H]2CC[C@@H]1C2)OCc1nc(-c2cccs2)no1. The topological polar surface area (TPSA) is 65.2 Å². The van der Waals surface area contributed by atoms with Gasteiger partial charge in [0, 0.05) is 6.42 Å². The van der Waals surface area contributed by atoms with Gasteiger partial charge in [-0.05, 0) is 48.5 Å². The van der Waals surface area contributed by atoms with Gasteiger partial charge in [0.25, 0.3) is 5.89 Å². The van der Waals surface area contributed by atoms with Crippen LogP contribution in [0, 0.1) is 17.8 Å². The molecule has 0 amide bonds. The molecular weight excluding hydrogens is 300 g/mol. The third-order valence-corrected chi connectivity index (χ3v) is 5.75. The van der Waals surface area contributed by atoms with Crippen molar-refractivity contribution in [3.63, 3.8) is 0 Å². The van der Waals surface area contributed by atoms with Crippen molar-refractivity contribution in [1.82, 2.24) is 10.1 Å². The Kier molecular flexibility index (Phi) is 3.70. The number of thiophene rings is 1. The van der Waals surface area contributed by atoms with Crippen molar-refractivity contribution in [3.05, 3.63) is 23.4 Å². The second-order valence-corrected chi connectivity index (χ2v) is 7.24. The van der Waals surface area contributed by atoms with Crippen LogP contribution < -0.4 is 0 Å². The molecule has 0 unspecified atom stereocenters. The molecule has 0 saturated heterocycles. The zero-order valence-electron chi connectivity index (χ0n) is 12.2. The normalized spacial score (nSPS) is 26.5. The summed E-state index contributed by atoms with van der Waals surface area (Å²) in [7, 11) is 0. The maximum atomic E-state index is 12.0. The first-order chi connectivity index (χ1) is 10.8. The molecule has 116 valence electrons.